The molecule has 2 aromatic rings. The van der Waals surface area contributed by atoms with Crippen molar-refractivity contribution < 1.29 is 27.8 Å². The fourth-order valence-corrected chi connectivity index (χ4v) is 5.52. The number of ether oxygens (including phenoxy) is 2. The largest absolute Gasteiger partial charge is 0.494 e. The minimum Gasteiger partial charge on any atom is -0.494 e. The van der Waals surface area contributed by atoms with Crippen molar-refractivity contribution in [2.24, 2.45) is 11.8 Å². The Morgan fingerprint density at radius 2 is 1.84 bits per heavy atom. The van der Waals surface area contributed by atoms with E-state index in [0.717, 1.165) is 44.7 Å². The van der Waals surface area contributed by atoms with Crippen LogP contribution in [0.15, 0.2) is 72.0 Å². The predicted molar refractivity (Wildman–Crippen MR) is 152 cm³/mol. The van der Waals surface area contributed by atoms with Crippen LogP contribution in [0.1, 0.15) is 43.4 Å². The van der Waals surface area contributed by atoms with E-state index in [1.54, 1.807) is 0 Å². The second-order valence-corrected chi connectivity index (χ2v) is 12.3. The summed E-state index contributed by atoms with van der Waals surface area (Å²) in [5.74, 6) is 0.403. The van der Waals surface area contributed by atoms with Gasteiger partial charge in [-0.1, -0.05) is 30.9 Å². The van der Waals surface area contributed by atoms with Gasteiger partial charge >= 0.3 is 5.97 Å². The van der Waals surface area contributed by atoms with Crippen LogP contribution >= 0.6 is 0 Å². The number of allylic oxidation sites excluding steroid dienone is 4. The first-order valence-electron chi connectivity index (χ1n) is 12.8. The Hall–Kier alpha value is -3.32. The summed E-state index contributed by atoms with van der Waals surface area (Å²) in [7, 11) is -2.99. The number of carbonyl (C=O) groups is 1. The van der Waals surface area contributed by atoms with Crippen LogP contribution in [0.2, 0.25) is 0 Å². The topological polar surface area (TPSA) is 89.9 Å². The van der Waals surface area contributed by atoms with E-state index in [2.05, 4.69) is 18.7 Å². The van der Waals surface area contributed by atoms with Gasteiger partial charge in [0, 0.05) is 6.26 Å². The van der Waals surface area contributed by atoms with Gasteiger partial charge in [-0.15, -0.1) is 0 Å². The van der Waals surface area contributed by atoms with Gasteiger partial charge in [0.15, 0.2) is 0 Å². The molecule has 2 atom stereocenters. The van der Waals surface area contributed by atoms with Gasteiger partial charge < -0.3 is 14.6 Å². The van der Waals surface area contributed by atoms with E-state index in [0.29, 0.717) is 31.8 Å². The van der Waals surface area contributed by atoms with Gasteiger partial charge in [-0.2, -0.15) is 0 Å². The van der Waals surface area contributed by atoms with Gasteiger partial charge in [0.05, 0.1) is 18.3 Å². The molecule has 1 aliphatic rings. The monoisotopic (exact) mass is 538 g/mol. The lowest BCUT2D eigenvalue weighted by molar-refractivity contribution is -0.138. The molecule has 2 aromatic carbocycles. The molecule has 0 radical (unpaired) electrons. The SMILES string of the molecule is C=C(/C=C(C)\C(=C/C)[C@@H]1CC1C(=O)O)OCc1cccc(-c2c(C)cc(OCCCS(C)(=O)=O)cc2C)c1. The molecule has 0 saturated heterocycles. The maximum absolute atomic E-state index is 11.3. The average molecular weight is 539 g/mol. The number of hydrogen-bond donors (Lipinski definition) is 1. The maximum Gasteiger partial charge on any atom is 0.307 e. The number of sulfone groups is 1. The smallest absolute Gasteiger partial charge is 0.307 e. The number of aliphatic carboxylic acids is 1. The zero-order valence-electron chi connectivity index (χ0n) is 22.9. The molecule has 1 saturated carbocycles. The first kappa shape index (κ1) is 29.2. The third-order valence-electron chi connectivity index (χ3n) is 6.73. The van der Waals surface area contributed by atoms with Gasteiger partial charge in [0.2, 0.25) is 0 Å². The number of benzene rings is 2. The summed E-state index contributed by atoms with van der Waals surface area (Å²) in [5, 5.41) is 9.25. The summed E-state index contributed by atoms with van der Waals surface area (Å²) < 4.78 is 34.4. The number of carboxylic acid groups (broad SMARTS) is 1. The van der Waals surface area contributed by atoms with Gasteiger partial charge in [-0.25, -0.2) is 8.42 Å². The van der Waals surface area contributed by atoms with Crippen LogP contribution in [0.3, 0.4) is 0 Å². The van der Waals surface area contributed by atoms with Crippen LogP contribution < -0.4 is 4.74 Å². The van der Waals surface area contributed by atoms with E-state index in [1.807, 2.05) is 64.1 Å². The van der Waals surface area contributed by atoms with Crippen molar-refractivity contribution in [3.8, 4) is 16.9 Å². The van der Waals surface area contributed by atoms with Crippen molar-refractivity contribution in [3.05, 3.63) is 88.7 Å². The standard InChI is InChI=1S/C31H38O6S/c1-7-27(28-18-29(28)31(32)33)20(2)14-23(5)37-19-24-10-8-11-25(17-24)30-21(3)15-26(16-22(30)4)36-12-9-13-38(6,34)35/h7-8,10-11,14-17,28-29H,5,9,12-13,18-19H2,1-4,6H3,(H,32,33)/b20-14-,27-7+/t28-,29?/m0/s1. The van der Waals surface area contributed by atoms with Crippen LogP contribution in [0.4, 0.5) is 0 Å². The normalized spacial score (nSPS) is 17.7. The molecular formula is C31H38O6S. The highest BCUT2D eigenvalue weighted by Gasteiger charge is 2.45. The molecule has 38 heavy (non-hydrogen) atoms. The average Bonchev–Trinajstić information content (AvgIpc) is 3.61. The van der Waals surface area contributed by atoms with E-state index in [4.69, 9.17) is 9.47 Å². The van der Waals surface area contributed by atoms with Gasteiger partial charge in [0.25, 0.3) is 0 Å². The maximum atomic E-state index is 11.3. The summed E-state index contributed by atoms with van der Waals surface area (Å²) in [6, 6.07) is 12.1. The minimum absolute atomic E-state index is 0.0639. The van der Waals surface area contributed by atoms with Gasteiger partial charge in [-0.3, -0.25) is 4.79 Å². The Kier molecular flexibility index (Phi) is 9.60. The molecule has 7 heteroatoms. The summed E-state index contributed by atoms with van der Waals surface area (Å²) in [5.41, 5.74) is 7.37. The fraction of sp³-hybridized carbons (Fsp3) is 0.387. The van der Waals surface area contributed by atoms with E-state index < -0.39 is 15.8 Å². The van der Waals surface area contributed by atoms with E-state index in [9.17, 15) is 18.3 Å². The lowest BCUT2D eigenvalue weighted by Gasteiger charge is -2.15. The van der Waals surface area contributed by atoms with Crippen molar-refractivity contribution in [3.63, 3.8) is 0 Å². The highest BCUT2D eigenvalue weighted by Crippen LogP contribution is 2.46. The summed E-state index contributed by atoms with van der Waals surface area (Å²) in [4.78, 5) is 11.3. The number of hydrogen-bond acceptors (Lipinski definition) is 5. The van der Waals surface area contributed by atoms with E-state index >= 15 is 0 Å². The molecule has 1 fully saturated rings. The molecule has 0 aromatic heterocycles. The Morgan fingerprint density at radius 3 is 2.42 bits per heavy atom. The van der Waals surface area contributed by atoms with Crippen molar-refractivity contribution in [2.45, 2.75) is 47.1 Å². The molecule has 3 rings (SSSR count). The van der Waals surface area contributed by atoms with E-state index in [-0.39, 0.29) is 17.6 Å². The van der Waals surface area contributed by atoms with Crippen LogP contribution in [0, 0.1) is 25.7 Å². The van der Waals surface area contributed by atoms with Crippen molar-refractivity contribution in [1.29, 1.82) is 0 Å². The first-order valence-corrected chi connectivity index (χ1v) is 14.9. The molecule has 1 aliphatic carbocycles. The van der Waals surface area contributed by atoms with Gasteiger partial charge in [0.1, 0.15) is 28.0 Å². The first-order chi connectivity index (χ1) is 17.9. The van der Waals surface area contributed by atoms with Gasteiger partial charge in [-0.05, 0) is 110 Å². The number of carboxylic acids is 1. The summed E-state index contributed by atoms with van der Waals surface area (Å²) in [6.45, 7) is 12.7. The minimum atomic E-state index is -2.99. The Balaban J connectivity index is 1.64. The third kappa shape index (κ3) is 8.09. The molecule has 0 bridgehead atoms. The van der Waals surface area contributed by atoms with Crippen LogP contribution in [-0.4, -0.2) is 38.1 Å². The highest BCUT2D eigenvalue weighted by molar-refractivity contribution is 7.90. The highest BCUT2D eigenvalue weighted by atomic mass is 32.2. The third-order valence-corrected chi connectivity index (χ3v) is 7.76. The van der Waals surface area contributed by atoms with Crippen LogP contribution in [-0.2, 0) is 26.0 Å². The zero-order valence-corrected chi connectivity index (χ0v) is 23.7. The molecule has 0 aliphatic heterocycles. The Bertz CT molecular complexity index is 1340. The zero-order chi connectivity index (χ0) is 28.0. The molecule has 0 heterocycles. The summed E-state index contributed by atoms with van der Waals surface area (Å²) >= 11 is 0. The molecule has 0 spiro atoms. The summed E-state index contributed by atoms with van der Waals surface area (Å²) in [6.07, 6.45) is 6.22. The Morgan fingerprint density at radius 1 is 1.16 bits per heavy atom. The lowest BCUT2D eigenvalue weighted by Crippen LogP contribution is -2.08. The second-order valence-electron chi connectivity index (χ2n) is 10.1. The van der Waals surface area contributed by atoms with Crippen molar-refractivity contribution >= 4 is 15.8 Å². The van der Waals surface area contributed by atoms with Crippen molar-refractivity contribution in [2.75, 3.05) is 18.6 Å². The molecule has 6 nitrogen and oxygen atoms in total. The molecular weight excluding hydrogens is 500 g/mol. The molecule has 1 unspecified atom stereocenters. The van der Waals surface area contributed by atoms with Crippen LogP contribution in [0.25, 0.3) is 11.1 Å². The molecule has 1 N–H and O–H groups in total. The van der Waals surface area contributed by atoms with Crippen LogP contribution in [0.5, 0.6) is 5.75 Å². The number of aryl methyl sites for hydroxylation is 2. The molecule has 0 amide bonds. The Labute approximate surface area is 226 Å². The fourth-order valence-electron chi connectivity index (χ4n) is 4.88. The molecule has 204 valence electrons. The lowest BCUT2D eigenvalue weighted by atomic mass is 9.94. The van der Waals surface area contributed by atoms with Crippen molar-refractivity contribution in [1.82, 2.24) is 0 Å². The quantitative estimate of drug-likeness (QED) is 0.180. The second kappa shape index (κ2) is 12.5. The van der Waals surface area contributed by atoms with E-state index in [1.165, 1.54) is 6.26 Å². The predicted octanol–water partition coefficient (Wildman–Crippen LogP) is 6.43. The number of rotatable bonds is 13.